The number of ketones is 1. The van der Waals surface area contributed by atoms with Gasteiger partial charge in [0.2, 0.25) is 0 Å². The van der Waals surface area contributed by atoms with Crippen molar-refractivity contribution in [2.75, 3.05) is 0 Å². The molecule has 2 unspecified atom stereocenters. The van der Waals surface area contributed by atoms with Gasteiger partial charge in [-0.1, -0.05) is 31.2 Å². The number of hydrogen-bond acceptors (Lipinski definition) is 1. The molecule has 0 heterocycles. The molecule has 1 saturated carbocycles. The second-order valence-corrected chi connectivity index (χ2v) is 4.96. The number of benzene rings is 1. The van der Waals surface area contributed by atoms with Gasteiger partial charge in [0.05, 0.1) is 0 Å². The SMILES string of the molecule is CCCC(=O)C1CC12Cc1ccccc12. The highest BCUT2D eigenvalue weighted by molar-refractivity contribution is 5.87. The zero-order valence-corrected chi connectivity index (χ0v) is 9.12. The van der Waals surface area contributed by atoms with E-state index in [1.165, 1.54) is 11.1 Å². The van der Waals surface area contributed by atoms with Crippen molar-refractivity contribution < 1.29 is 4.79 Å². The zero-order valence-electron chi connectivity index (χ0n) is 9.12. The maximum absolute atomic E-state index is 11.8. The molecule has 0 saturated heterocycles. The number of Topliss-reactive ketones (excluding diaryl/α,β-unsaturated/α-hetero) is 1. The largest absolute Gasteiger partial charge is 0.299 e. The molecule has 1 aromatic carbocycles. The van der Waals surface area contributed by atoms with Gasteiger partial charge in [-0.3, -0.25) is 4.79 Å². The van der Waals surface area contributed by atoms with Crippen LogP contribution in [0, 0.1) is 5.92 Å². The van der Waals surface area contributed by atoms with E-state index in [1.807, 2.05) is 0 Å². The maximum Gasteiger partial charge on any atom is 0.136 e. The van der Waals surface area contributed by atoms with E-state index >= 15 is 0 Å². The lowest BCUT2D eigenvalue weighted by Gasteiger charge is -2.31. The van der Waals surface area contributed by atoms with E-state index < -0.39 is 0 Å². The Bertz CT molecular complexity index is 421. The van der Waals surface area contributed by atoms with Gasteiger partial charge in [0.1, 0.15) is 5.78 Å². The summed E-state index contributed by atoms with van der Waals surface area (Å²) >= 11 is 0. The van der Waals surface area contributed by atoms with Crippen LogP contribution in [0.2, 0.25) is 0 Å². The third-order valence-corrected chi connectivity index (χ3v) is 4.02. The van der Waals surface area contributed by atoms with Crippen LogP contribution in [0.1, 0.15) is 37.3 Å². The van der Waals surface area contributed by atoms with Crippen molar-refractivity contribution in [2.45, 2.75) is 38.0 Å². The van der Waals surface area contributed by atoms with Crippen LogP contribution in [0.5, 0.6) is 0 Å². The van der Waals surface area contributed by atoms with E-state index in [1.54, 1.807) is 0 Å². The fraction of sp³-hybridized carbons (Fsp3) is 0.500. The van der Waals surface area contributed by atoms with Crippen LogP contribution in [0.25, 0.3) is 0 Å². The van der Waals surface area contributed by atoms with Gasteiger partial charge >= 0.3 is 0 Å². The van der Waals surface area contributed by atoms with Crippen molar-refractivity contribution in [2.24, 2.45) is 5.92 Å². The van der Waals surface area contributed by atoms with Gasteiger partial charge in [-0.2, -0.15) is 0 Å². The molecule has 1 fully saturated rings. The van der Waals surface area contributed by atoms with Gasteiger partial charge in [0, 0.05) is 17.8 Å². The fourth-order valence-electron chi connectivity index (χ4n) is 3.13. The van der Waals surface area contributed by atoms with Crippen LogP contribution < -0.4 is 0 Å². The molecule has 0 amide bonds. The Morgan fingerprint density at radius 3 is 3.00 bits per heavy atom. The molecule has 0 aliphatic heterocycles. The van der Waals surface area contributed by atoms with Crippen molar-refractivity contribution in [3.8, 4) is 0 Å². The summed E-state index contributed by atoms with van der Waals surface area (Å²) in [7, 11) is 0. The average molecular weight is 200 g/mol. The van der Waals surface area contributed by atoms with Gasteiger partial charge < -0.3 is 0 Å². The molecule has 2 aliphatic carbocycles. The van der Waals surface area contributed by atoms with Crippen molar-refractivity contribution in [3.63, 3.8) is 0 Å². The summed E-state index contributed by atoms with van der Waals surface area (Å²) in [6, 6.07) is 8.59. The predicted octanol–water partition coefficient (Wildman–Crippen LogP) is 2.87. The Labute approximate surface area is 90.5 Å². The number of carbonyl (C=O) groups is 1. The Morgan fingerprint density at radius 2 is 2.27 bits per heavy atom. The van der Waals surface area contributed by atoms with Gasteiger partial charge in [-0.25, -0.2) is 0 Å². The normalized spacial score (nSPS) is 30.9. The summed E-state index contributed by atoms with van der Waals surface area (Å²) in [6.07, 6.45) is 4.02. The van der Waals surface area contributed by atoms with E-state index in [4.69, 9.17) is 0 Å². The van der Waals surface area contributed by atoms with Crippen LogP contribution in [0.4, 0.5) is 0 Å². The quantitative estimate of drug-likeness (QED) is 0.733. The van der Waals surface area contributed by atoms with Crippen LogP contribution in [-0.2, 0) is 16.6 Å². The summed E-state index contributed by atoms with van der Waals surface area (Å²) < 4.78 is 0. The summed E-state index contributed by atoms with van der Waals surface area (Å²) in [6.45, 7) is 2.08. The standard InChI is InChI=1S/C14H16O/c1-2-5-13(15)12-9-14(12)8-10-6-3-4-7-11(10)14/h3-4,6-7,12H,2,5,8-9H2,1H3. The number of rotatable bonds is 3. The first-order valence-electron chi connectivity index (χ1n) is 5.89. The van der Waals surface area contributed by atoms with E-state index in [-0.39, 0.29) is 0 Å². The molecular formula is C14H16O. The van der Waals surface area contributed by atoms with E-state index in [0.29, 0.717) is 17.1 Å². The third-order valence-electron chi connectivity index (χ3n) is 4.02. The van der Waals surface area contributed by atoms with E-state index in [9.17, 15) is 4.79 Å². The molecule has 0 radical (unpaired) electrons. The first kappa shape index (κ1) is 9.14. The molecule has 1 heteroatoms. The molecule has 3 rings (SSSR count). The maximum atomic E-state index is 11.8. The lowest BCUT2D eigenvalue weighted by molar-refractivity contribution is -0.120. The molecule has 1 spiro atoms. The molecule has 2 aliphatic rings. The molecule has 0 bridgehead atoms. The molecule has 2 atom stereocenters. The first-order valence-corrected chi connectivity index (χ1v) is 5.89. The lowest BCUT2D eigenvalue weighted by atomic mass is 9.72. The lowest BCUT2D eigenvalue weighted by Crippen LogP contribution is -2.28. The average Bonchev–Trinajstić information content (AvgIpc) is 2.95. The van der Waals surface area contributed by atoms with Crippen LogP contribution >= 0.6 is 0 Å². The second kappa shape index (κ2) is 2.94. The minimum absolute atomic E-state index is 0.294. The van der Waals surface area contributed by atoms with Gasteiger partial charge in [0.15, 0.2) is 0 Å². The van der Waals surface area contributed by atoms with Gasteiger partial charge in [-0.05, 0) is 30.4 Å². The number of fused-ring (bicyclic) bond motifs is 2. The fourth-order valence-corrected chi connectivity index (χ4v) is 3.13. The molecule has 0 N–H and O–H groups in total. The highest BCUT2D eigenvalue weighted by Gasteiger charge is 2.63. The minimum Gasteiger partial charge on any atom is -0.299 e. The van der Waals surface area contributed by atoms with Crippen LogP contribution in [0.15, 0.2) is 24.3 Å². The van der Waals surface area contributed by atoms with E-state index in [2.05, 4.69) is 31.2 Å². The van der Waals surface area contributed by atoms with Gasteiger partial charge in [0.25, 0.3) is 0 Å². The van der Waals surface area contributed by atoms with Crippen molar-refractivity contribution in [1.29, 1.82) is 0 Å². The van der Waals surface area contributed by atoms with Crippen molar-refractivity contribution >= 4 is 5.78 Å². The first-order chi connectivity index (χ1) is 7.28. The molecule has 0 aromatic heterocycles. The predicted molar refractivity (Wildman–Crippen MR) is 59.8 cm³/mol. The summed E-state index contributed by atoms with van der Waals surface area (Å²) in [5, 5.41) is 0. The smallest absolute Gasteiger partial charge is 0.136 e. The molecule has 1 aromatic rings. The Kier molecular flexibility index (Phi) is 1.79. The third kappa shape index (κ3) is 1.12. The molecule has 1 nitrogen and oxygen atoms in total. The van der Waals surface area contributed by atoms with Gasteiger partial charge in [-0.15, -0.1) is 0 Å². The Morgan fingerprint density at radius 1 is 1.47 bits per heavy atom. The monoisotopic (exact) mass is 200 g/mol. The topological polar surface area (TPSA) is 17.1 Å². The second-order valence-electron chi connectivity index (χ2n) is 4.96. The molecular weight excluding hydrogens is 184 g/mol. The molecule has 15 heavy (non-hydrogen) atoms. The summed E-state index contributed by atoms with van der Waals surface area (Å²) in [4.78, 5) is 11.8. The minimum atomic E-state index is 0.294. The highest BCUT2D eigenvalue weighted by atomic mass is 16.1. The Balaban J connectivity index is 1.81. The number of hydrogen-bond donors (Lipinski definition) is 0. The van der Waals surface area contributed by atoms with Crippen LogP contribution in [-0.4, -0.2) is 5.78 Å². The zero-order chi connectivity index (χ0) is 10.5. The highest BCUT2D eigenvalue weighted by Crippen LogP contribution is 2.63. The van der Waals surface area contributed by atoms with Crippen molar-refractivity contribution in [3.05, 3.63) is 35.4 Å². The van der Waals surface area contributed by atoms with Crippen molar-refractivity contribution in [1.82, 2.24) is 0 Å². The van der Waals surface area contributed by atoms with Crippen LogP contribution in [0.3, 0.4) is 0 Å². The molecule has 78 valence electrons. The Hall–Kier alpha value is -1.11. The number of carbonyl (C=O) groups excluding carboxylic acids is 1. The van der Waals surface area contributed by atoms with E-state index in [0.717, 1.165) is 25.7 Å². The summed E-state index contributed by atoms with van der Waals surface area (Å²) in [5.41, 5.74) is 3.21. The summed E-state index contributed by atoms with van der Waals surface area (Å²) in [5.74, 6) is 0.847.